The highest BCUT2D eigenvalue weighted by molar-refractivity contribution is 5.93. The van der Waals surface area contributed by atoms with Gasteiger partial charge in [-0.1, -0.05) is 0 Å². The molecule has 0 saturated heterocycles. The number of aryl methyl sites for hydroxylation is 2. The first kappa shape index (κ1) is 14.9. The Morgan fingerprint density at radius 2 is 2.00 bits per heavy atom. The average molecular weight is 267 g/mol. The van der Waals surface area contributed by atoms with E-state index in [4.69, 9.17) is 5.11 Å². The summed E-state index contributed by atoms with van der Waals surface area (Å²) in [6, 6.07) is -0.337. The van der Waals surface area contributed by atoms with Crippen LogP contribution in [-0.2, 0) is 4.79 Å². The van der Waals surface area contributed by atoms with Gasteiger partial charge >= 0.3 is 12.0 Å². The number of aliphatic hydroxyl groups is 1. The molecule has 0 fully saturated rings. The molecule has 0 aliphatic rings. The molecule has 0 aromatic carbocycles. The van der Waals surface area contributed by atoms with E-state index in [0.717, 1.165) is 5.56 Å². The summed E-state index contributed by atoms with van der Waals surface area (Å²) in [6.07, 6.45) is 0.420. The van der Waals surface area contributed by atoms with E-state index in [1.807, 2.05) is 0 Å². The summed E-state index contributed by atoms with van der Waals surface area (Å²) in [5, 5.41) is 22.8. The molecule has 104 valence electrons. The molecule has 0 aliphatic heterocycles. The molecule has 7 heteroatoms. The van der Waals surface area contributed by atoms with Crippen molar-refractivity contribution in [2.75, 3.05) is 5.32 Å². The van der Waals surface area contributed by atoms with Crippen LogP contribution in [0.5, 0.6) is 0 Å². The van der Waals surface area contributed by atoms with Crippen molar-refractivity contribution in [3.63, 3.8) is 0 Å². The van der Waals surface area contributed by atoms with Crippen LogP contribution >= 0.6 is 0 Å². The zero-order chi connectivity index (χ0) is 14.6. The Balaban J connectivity index is 2.78. The van der Waals surface area contributed by atoms with E-state index in [9.17, 15) is 14.7 Å². The Morgan fingerprint density at radius 3 is 2.47 bits per heavy atom. The van der Waals surface area contributed by atoms with Crippen molar-refractivity contribution in [3.8, 4) is 0 Å². The van der Waals surface area contributed by atoms with Crippen LogP contribution in [0.3, 0.4) is 0 Å². The second-order valence-corrected chi connectivity index (χ2v) is 4.24. The van der Waals surface area contributed by atoms with Gasteiger partial charge in [0.05, 0.1) is 17.5 Å². The minimum atomic E-state index is -1.36. The maximum atomic E-state index is 11.7. The maximum Gasteiger partial charge on any atom is 0.328 e. The van der Waals surface area contributed by atoms with Gasteiger partial charge in [0.15, 0.2) is 6.04 Å². The standard InChI is InChI=1S/C12H17N3O4/c1-6-4-5-13-7(2)9(6)14-12(19)15-10(8(3)16)11(17)18/h4-5,8,10,16H,1-3H3,(H,17,18)(H2,14,15,19). The van der Waals surface area contributed by atoms with E-state index in [1.165, 1.54) is 6.92 Å². The molecule has 2 unspecified atom stereocenters. The minimum absolute atomic E-state index is 0.523. The topological polar surface area (TPSA) is 112 Å². The van der Waals surface area contributed by atoms with Crippen LogP contribution < -0.4 is 10.6 Å². The van der Waals surface area contributed by atoms with Gasteiger partial charge in [-0.25, -0.2) is 9.59 Å². The van der Waals surface area contributed by atoms with Crippen LogP contribution in [0.2, 0.25) is 0 Å². The van der Waals surface area contributed by atoms with Gasteiger partial charge in [-0.3, -0.25) is 4.98 Å². The SMILES string of the molecule is Cc1ccnc(C)c1NC(=O)NC(C(=O)O)C(C)O. The fraction of sp³-hybridized carbons (Fsp3) is 0.417. The number of rotatable bonds is 4. The van der Waals surface area contributed by atoms with E-state index in [1.54, 1.807) is 26.1 Å². The maximum absolute atomic E-state index is 11.7. The highest BCUT2D eigenvalue weighted by Gasteiger charge is 2.25. The van der Waals surface area contributed by atoms with Gasteiger partial charge < -0.3 is 20.8 Å². The zero-order valence-corrected chi connectivity index (χ0v) is 11.0. The molecule has 1 aromatic rings. The van der Waals surface area contributed by atoms with Gasteiger partial charge in [-0.05, 0) is 32.4 Å². The molecule has 0 spiro atoms. The van der Waals surface area contributed by atoms with Gasteiger partial charge in [0.25, 0.3) is 0 Å². The lowest BCUT2D eigenvalue weighted by molar-refractivity contribution is -0.141. The molecule has 2 atom stereocenters. The second-order valence-electron chi connectivity index (χ2n) is 4.24. The molecule has 0 aliphatic carbocycles. The molecule has 0 saturated carbocycles. The summed E-state index contributed by atoms with van der Waals surface area (Å²) in [4.78, 5) is 26.6. The first-order chi connectivity index (χ1) is 8.82. The molecule has 7 nitrogen and oxygen atoms in total. The molecule has 4 N–H and O–H groups in total. The van der Waals surface area contributed by atoms with E-state index < -0.39 is 24.1 Å². The van der Waals surface area contributed by atoms with Gasteiger partial charge in [0.2, 0.25) is 0 Å². The number of hydrogen-bond donors (Lipinski definition) is 4. The van der Waals surface area contributed by atoms with Crippen LogP contribution in [0.25, 0.3) is 0 Å². The highest BCUT2D eigenvalue weighted by Crippen LogP contribution is 2.16. The van der Waals surface area contributed by atoms with Gasteiger partial charge in [-0.15, -0.1) is 0 Å². The highest BCUT2D eigenvalue weighted by atomic mass is 16.4. The summed E-state index contributed by atoms with van der Waals surface area (Å²) in [7, 11) is 0. The van der Waals surface area contributed by atoms with Crippen molar-refractivity contribution in [2.45, 2.75) is 32.9 Å². The number of amides is 2. The van der Waals surface area contributed by atoms with Crippen molar-refractivity contribution in [3.05, 3.63) is 23.5 Å². The molecule has 1 heterocycles. The number of anilines is 1. The van der Waals surface area contributed by atoms with E-state index >= 15 is 0 Å². The molecule has 2 amide bonds. The molecule has 0 radical (unpaired) electrons. The number of carboxylic acids is 1. The largest absolute Gasteiger partial charge is 0.480 e. The molecule has 19 heavy (non-hydrogen) atoms. The van der Waals surface area contributed by atoms with Crippen molar-refractivity contribution in [1.82, 2.24) is 10.3 Å². The summed E-state index contributed by atoms with van der Waals surface area (Å²) in [5.74, 6) is -1.30. The van der Waals surface area contributed by atoms with E-state index in [-0.39, 0.29) is 0 Å². The third kappa shape index (κ3) is 3.92. The summed E-state index contributed by atoms with van der Waals surface area (Å²) in [6.45, 7) is 4.82. The molecular formula is C12H17N3O4. The monoisotopic (exact) mass is 267 g/mol. The fourth-order valence-electron chi connectivity index (χ4n) is 1.56. The summed E-state index contributed by atoms with van der Waals surface area (Å²) < 4.78 is 0. The minimum Gasteiger partial charge on any atom is -0.480 e. The summed E-state index contributed by atoms with van der Waals surface area (Å²) in [5.41, 5.74) is 1.96. The predicted molar refractivity (Wildman–Crippen MR) is 69.0 cm³/mol. The quantitative estimate of drug-likeness (QED) is 0.640. The Kier molecular flexibility index (Phi) is 4.82. The number of carbonyl (C=O) groups is 2. The van der Waals surface area contributed by atoms with Crippen molar-refractivity contribution in [1.29, 1.82) is 0 Å². The van der Waals surface area contributed by atoms with Crippen molar-refractivity contribution < 1.29 is 19.8 Å². The van der Waals surface area contributed by atoms with Crippen molar-refractivity contribution in [2.24, 2.45) is 0 Å². The zero-order valence-electron chi connectivity index (χ0n) is 11.0. The number of pyridine rings is 1. The normalized spacial score (nSPS) is 13.5. The van der Waals surface area contributed by atoms with Crippen LogP contribution in [-0.4, -0.2) is 39.3 Å². The molecule has 1 rings (SSSR count). The first-order valence-electron chi connectivity index (χ1n) is 5.73. The van der Waals surface area contributed by atoms with Crippen LogP contribution in [0.4, 0.5) is 10.5 Å². The van der Waals surface area contributed by atoms with Crippen LogP contribution in [0.1, 0.15) is 18.2 Å². The third-order valence-corrected chi connectivity index (χ3v) is 2.62. The number of nitrogens with zero attached hydrogens (tertiary/aromatic N) is 1. The Labute approximate surface area is 110 Å². The van der Waals surface area contributed by atoms with E-state index in [2.05, 4.69) is 15.6 Å². The lowest BCUT2D eigenvalue weighted by atomic mass is 10.2. The lowest BCUT2D eigenvalue weighted by Gasteiger charge is -2.18. The first-order valence-corrected chi connectivity index (χ1v) is 5.73. The molecular weight excluding hydrogens is 250 g/mol. The van der Waals surface area contributed by atoms with E-state index in [0.29, 0.717) is 11.4 Å². The number of aliphatic hydroxyl groups excluding tert-OH is 1. The third-order valence-electron chi connectivity index (χ3n) is 2.62. The molecule has 0 bridgehead atoms. The van der Waals surface area contributed by atoms with Crippen molar-refractivity contribution >= 4 is 17.7 Å². The number of urea groups is 1. The average Bonchev–Trinajstić information content (AvgIpc) is 2.30. The van der Waals surface area contributed by atoms with Crippen LogP contribution in [0, 0.1) is 13.8 Å². The number of nitrogens with one attached hydrogen (secondary N) is 2. The number of carbonyl (C=O) groups excluding carboxylic acids is 1. The summed E-state index contributed by atoms with van der Waals surface area (Å²) >= 11 is 0. The smallest absolute Gasteiger partial charge is 0.328 e. The van der Waals surface area contributed by atoms with Gasteiger partial charge in [0.1, 0.15) is 0 Å². The predicted octanol–water partition coefficient (Wildman–Crippen LogP) is 0.654. The lowest BCUT2D eigenvalue weighted by Crippen LogP contribution is -2.49. The Hall–Kier alpha value is -2.15. The fourth-order valence-corrected chi connectivity index (χ4v) is 1.56. The van der Waals surface area contributed by atoms with Gasteiger partial charge in [-0.2, -0.15) is 0 Å². The Bertz CT molecular complexity index is 468. The van der Waals surface area contributed by atoms with Gasteiger partial charge in [0, 0.05) is 6.20 Å². The number of aliphatic carboxylic acids is 1. The molecule has 1 aromatic heterocycles. The number of aromatic nitrogens is 1. The second kappa shape index (κ2) is 6.14. The Morgan fingerprint density at radius 1 is 1.37 bits per heavy atom. The van der Waals surface area contributed by atoms with Crippen LogP contribution in [0.15, 0.2) is 12.3 Å². The number of carboxylic acid groups (broad SMARTS) is 1. The number of hydrogen-bond acceptors (Lipinski definition) is 4.